The van der Waals surface area contributed by atoms with Gasteiger partial charge in [-0.2, -0.15) is 4.98 Å². The molecule has 0 bridgehead atoms. The van der Waals surface area contributed by atoms with E-state index in [1.165, 1.54) is 5.56 Å². The van der Waals surface area contributed by atoms with Crippen LogP contribution in [0.3, 0.4) is 0 Å². The van der Waals surface area contributed by atoms with Crippen LogP contribution in [0.4, 0.5) is 0 Å². The van der Waals surface area contributed by atoms with Gasteiger partial charge in [0.25, 0.3) is 5.91 Å². The molecule has 146 valence electrons. The summed E-state index contributed by atoms with van der Waals surface area (Å²) < 4.78 is 11.1. The Kier molecular flexibility index (Phi) is 6.09. The molecule has 1 heterocycles. The van der Waals surface area contributed by atoms with Gasteiger partial charge in [-0.15, -0.1) is 0 Å². The molecule has 28 heavy (non-hydrogen) atoms. The first kappa shape index (κ1) is 19.6. The van der Waals surface area contributed by atoms with Crippen molar-refractivity contribution < 1.29 is 14.1 Å². The number of ether oxygens (including phenoxy) is 1. The van der Waals surface area contributed by atoms with Crippen LogP contribution in [0.2, 0.25) is 0 Å². The number of rotatable bonds is 7. The molecule has 6 heteroatoms. The van der Waals surface area contributed by atoms with Gasteiger partial charge in [0.15, 0.2) is 6.61 Å². The van der Waals surface area contributed by atoms with Gasteiger partial charge in [0.05, 0.1) is 0 Å². The molecular formula is C22H25N3O3. The molecule has 0 fully saturated rings. The zero-order chi connectivity index (χ0) is 20.1. The van der Waals surface area contributed by atoms with Crippen molar-refractivity contribution in [1.82, 2.24) is 15.0 Å². The Hall–Kier alpha value is -3.15. The van der Waals surface area contributed by atoms with E-state index in [0.29, 0.717) is 18.3 Å². The summed E-state index contributed by atoms with van der Waals surface area (Å²) in [5.41, 5.74) is 4.22. The lowest BCUT2D eigenvalue weighted by molar-refractivity contribution is -0.134. The van der Waals surface area contributed by atoms with Crippen molar-refractivity contribution in [3.8, 4) is 17.1 Å². The highest BCUT2D eigenvalue weighted by Crippen LogP contribution is 2.21. The molecule has 0 radical (unpaired) electrons. The zero-order valence-electron chi connectivity index (χ0n) is 16.7. The van der Waals surface area contributed by atoms with Crippen molar-refractivity contribution in [2.75, 3.05) is 13.2 Å². The van der Waals surface area contributed by atoms with Gasteiger partial charge in [0.2, 0.25) is 11.7 Å². The van der Waals surface area contributed by atoms with Crippen LogP contribution in [0.25, 0.3) is 11.4 Å². The van der Waals surface area contributed by atoms with Crippen molar-refractivity contribution >= 4 is 5.91 Å². The van der Waals surface area contributed by atoms with E-state index in [4.69, 9.17) is 9.26 Å². The number of aromatic nitrogens is 2. The minimum atomic E-state index is -0.126. The Morgan fingerprint density at radius 3 is 2.57 bits per heavy atom. The van der Waals surface area contributed by atoms with Crippen LogP contribution in [0.15, 0.2) is 47.0 Å². The molecular weight excluding hydrogens is 354 g/mol. The number of carbonyl (C=O) groups excluding carboxylic acids is 1. The molecule has 1 aromatic heterocycles. The van der Waals surface area contributed by atoms with Gasteiger partial charge < -0.3 is 14.2 Å². The van der Waals surface area contributed by atoms with Crippen molar-refractivity contribution in [3.05, 3.63) is 65.0 Å². The molecule has 3 rings (SSSR count). The summed E-state index contributed by atoms with van der Waals surface area (Å²) in [5.74, 6) is 1.52. The molecule has 0 aliphatic carbocycles. The van der Waals surface area contributed by atoms with E-state index in [-0.39, 0.29) is 19.1 Å². The summed E-state index contributed by atoms with van der Waals surface area (Å²) in [6, 6.07) is 13.7. The number of hydrogen-bond acceptors (Lipinski definition) is 5. The van der Waals surface area contributed by atoms with Gasteiger partial charge in [-0.25, -0.2) is 0 Å². The summed E-state index contributed by atoms with van der Waals surface area (Å²) in [5, 5.41) is 4.02. The van der Waals surface area contributed by atoms with Gasteiger partial charge in [-0.3, -0.25) is 4.79 Å². The molecule has 0 unspecified atom stereocenters. The molecule has 3 aromatic rings. The topological polar surface area (TPSA) is 68.5 Å². The van der Waals surface area contributed by atoms with E-state index in [9.17, 15) is 4.79 Å². The summed E-state index contributed by atoms with van der Waals surface area (Å²) in [4.78, 5) is 18.6. The van der Waals surface area contributed by atoms with Gasteiger partial charge in [0, 0.05) is 12.1 Å². The third-order valence-corrected chi connectivity index (χ3v) is 4.74. The van der Waals surface area contributed by atoms with Crippen LogP contribution in [0.1, 0.15) is 29.5 Å². The van der Waals surface area contributed by atoms with E-state index in [0.717, 1.165) is 22.4 Å². The van der Waals surface area contributed by atoms with Gasteiger partial charge in [-0.05, 0) is 44.9 Å². The number of aryl methyl sites for hydroxylation is 2. The Balaban J connectivity index is 1.63. The lowest BCUT2D eigenvalue weighted by Crippen LogP contribution is -2.34. The lowest BCUT2D eigenvalue weighted by Gasteiger charge is -2.19. The van der Waals surface area contributed by atoms with E-state index in [1.807, 2.05) is 70.2 Å². The first-order valence-corrected chi connectivity index (χ1v) is 9.34. The fourth-order valence-electron chi connectivity index (χ4n) is 2.79. The Labute approximate surface area is 165 Å². The average Bonchev–Trinajstić information content (AvgIpc) is 3.16. The number of hydrogen-bond donors (Lipinski definition) is 0. The highest BCUT2D eigenvalue weighted by Gasteiger charge is 2.18. The number of likely N-dealkylation sites (N-methyl/N-ethyl adjacent to an activating group) is 1. The minimum Gasteiger partial charge on any atom is -0.483 e. The maximum atomic E-state index is 12.6. The molecule has 0 atom stereocenters. The second-order valence-corrected chi connectivity index (χ2v) is 6.77. The molecule has 0 aliphatic heterocycles. The number of benzene rings is 2. The van der Waals surface area contributed by atoms with Crippen LogP contribution in [0, 0.1) is 20.8 Å². The second-order valence-electron chi connectivity index (χ2n) is 6.77. The summed E-state index contributed by atoms with van der Waals surface area (Å²) in [6.45, 7) is 8.68. The Bertz CT molecular complexity index is 948. The van der Waals surface area contributed by atoms with Gasteiger partial charge in [-0.1, -0.05) is 47.1 Å². The summed E-state index contributed by atoms with van der Waals surface area (Å²) >= 11 is 0. The van der Waals surface area contributed by atoms with Crippen LogP contribution in [-0.2, 0) is 11.3 Å². The van der Waals surface area contributed by atoms with Gasteiger partial charge in [0.1, 0.15) is 12.3 Å². The number of carbonyl (C=O) groups is 1. The average molecular weight is 379 g/mol. The maximum Gasteiger partial charge on any atom is 0.260 e. The smallest absolute Gasteiger partial charge is 0.260 e. The summed E-state index contributed by atoms with van der Waals surface area (Å²) in [7, 11) is 0. The molecule has 2 aromatic carbocycles. The van der Waals surface area contributed by atoms with E-state index in [1.54, 1.807) is 4.90 Å². The predicted molar refractivity (Wildman–Crippen MR) is 107 cm³/mol. The van der Waals surface area contributed by atoms with Crippen molar-refractivity contribution in [2.45, 2.75) is 34.2 Å². The maximum absolute atomic E-state index is 12.6. The largest absolute Gasteiger partial charge is 0.483 e. The third-order valence-electron chi connectivity index (χ3n) is 4.74. The van der Waals surface area contributed by atoms with Crippen LogP contribution in [0.5, 0.6) is 5.75 Å². The summed E-state index contributed by atoms with van der Waals surface area (Å²) in [6.07, 6.45) is 0. The first-order valence-electron chi connectivity index (χ1n) is 9.34. The molecule has 6 nitrogen and oxygen atoms in total. The Morgan fingerprint density at radius 2 is 1.86 bits per heavy atom. The molecule has 0 saturated heterocycles. The first-order chi connectivity index (χ1) is 13.5. The number of nitrogens with zero attached hydrogens (tertiary/aromatic N) is 3. The highest BCUT2D eigenvalue weighted by atomic mass is 16.5. The van der Waals surface area contributed by atoms with E-state index in [2.05, 4.69) is 10.1 Å². The standard InChI is InChI=1S/C22H25N3O3/c1-5-25(21(26)14-27-19-8-6-7-16(3)17(19)4)13-20-23-22(24-28-20)18-11-9-15(2)10-12-18/h6-12H,5,13-14H2,1-4H3. The fraction of sp³-hybridized carbons (Fsp3) is 0.318. The predicted octanol–water partition coefficient (Wildman–Crippen LogP) is 4.09. The quantitative estimate of drug-likeness (QED) is 0.618. The SMILES string of the molecule is CCN(Cc1nc(-c2ccc(C)cc2)no1)C(=O)COc1cccc(C)c1C. The molecule has 0 saturated carbocycles. The molecule has 0 spiro atoms. The molecule has 0 aliphatic rings. The highest BCUT2D eigenvalue weighted by molar-refractivity contribution is 5.77. The molecule has 0 N–H and O–H groups in total. The van der Waals surface area contributed by atoms with Crippen LogP contribution >= 0.6 is 0 Å². The third kappa shape index (κ3) is 4.57. The lowest BCUT2D eigenvalue weighted by atomic mass is 10.1. The van der Waals surface area contributed by atoms with Crippen molar-refractivity contribution in [3.63, 3.8) is 0 Å². The van der Waals surface area contributed by atoms with Crippen LogP contribution < -0.4 is 4.74 Å². The van der Waals surface area contributed by atoms with Crippen molar-refractivity contribution in [2.24, 2.45) is 0 Å². The monoisotopic (exact) mass is 379 g/mol. The van der Waals surface area contributed by atoms with E-state index >= 15 is 0 Å². The van der Waals surface area contributed by atoms with Gasteiger partial charge >= 0.3 is 0 Å². The normalized spacial score (nSPS) is 10.7. The fourth-order valence-corrected chi connectivity index (χ4v) is 2.79. The minimum absolute atomic E-state index is 0.0307. The van der Waals surface area contributed by atoms with Crippen LogP contribution in [-0.4, -0.2) is 34.1 Å². The Morgan fingerprint density at radius 1 is 1.11 bits per heavy atom. The zero-order valence-corrected chi connectivity index (χ0v) is 16.7. The van der Waals surface area contributed by atoms with Crippen molar-refractivity contribution in [1.29, 1.82) is 0 Å². The molecule has 1 amide bonds. The second kappa shape index (κ2) is 8.69. The number of amides is 1. The van der Waals surface area contributed by atoms with E-state index < -0.39 is 0 Å².